The number of carbonyl (C=O) groups excluding carboxylic acids is 3. The van der Waals surface area contributed by atoms with Crippen LogP contribution in [0.4, 0.5) is 0 Å². The molecule has 0 aliphatic rings. The van der Waals surface area contributed by atoms with Crippen LogP contribution in [0.15, 0.2) is 18.2 Å². The number of ether oxygens (including phenoxy) is 2. The van der Waals surface area contributed by atoms with Gasteiger partial charge in [-0.2, -0.15) is 0 Å². The molecule has 0 saturated heterocycles. The summed E-state index contributed by atoms with van der Waals surface area (Å²) in [5, 5.41) is 0. The van der Waals surface area contributed by atoms with Crippen molar-refractivity contribution in [3.63, 3.8) is 0 Å². The van der Waals surface area contributed by atoms with Crippen LogP contribution in [0.25, 0.3) is 0 Å². The van der Waals surface area contributed by atoms with Crippen LogP contribution in [0.1, 0.15) is 65.2 Å². The minimum absolute atomic E-state index is 0.162. The molecule has 1 aromatic rings. The first-order valence-corrected chi connectivity index (χ1v) is 7.06. The number of aldehydes is 1. The molecule has 0 aromatic heterocycles. The van der Waals surface area contributed by atoms with E-state index in [2.05, 4.69) is 0 Å². The molecule has 0 aliphatic heterocycles. The number of carbonyl (C=O) groups is 3. The maximum atomic E-state index is 11.7. The lowest BCUT2D eigenvalue weighted by atomic mass is 10.1. The van der Waals surface area contributed by atoms with E-state index in [0.29, 0.717) is 19.3 Å². The summed E-state index contributed by atoms with van der Waals surface area (Å²) in [5.41, 5.74) is 0.560. The van der Waals surface area contributed by atoms with Crippen LogP contribution in [0.5, 0.6) is 0 Å². The van der Waals surface area contributed by atoms with Gasteiger partial charge in [-0.15, -0.1) is 0 Å². The lowest BCUT2D eigenvalue weighted by Gasteiger charge is -2.07. The molecule has 0 radical (unpaired) electrons. The summed E-state index contributed by atoms with van der Waals surface area (Å²) < 4.78 is 9.80. The zero-order chi connectivity index (χ0) is 16.3. The summed E-state index contributed by atoms with van der Waals surface area (Å²) in [4.78, 5) is 34.1. The summed E-state index contributed by atoms with van der Waals surface area (Å²) in [6.07, 6.45) is 1.27. The molecule has 0 heterocycles. The van der Waals surface area contributed by atoms with E-state index in [1.807, 2.05) is 20.8 Å². The van der Waals surface area contributed by atoms with Gasteiger partial charge in [-0.25, -0.2) is 9.59 Å². The van der Waals surface area contributed by atoms with Gasteiger partial charge in [0, 0.05) is 5.56 Å². The zero-order valence-corrected chi connectivity index (χ0v) is 13.0. The third-order valence-electron chi connectivity index (χ3n) is 2.28. The number of hydrogen-bond donors (Lipinski definition) is 0. The fourth-order valence-corrected chi connectivity index (χ4v) is 1.45. The molecule has 0 atom stereocenters. The van der Waals surface area contributed by atoms with Crippen molar-refractivity contribution in [2.24, 2.45) is 0 Å². The Bertz CT molecular complexity index is 480. The molecule has 0 amide bonds. The van der Waals surface area contributed by atoms with E-state index in [4.69, 9.17) is 9.47 Å². The van der Waals surface area contributed by atoms with Crippen molar-refractivity contribution in [2.75, 3.05) is 13.2 Å². The van der Waals surface area contributed by atoms with E-state index in [-0.39, 0.29) is 23.3 Å². The fourth-order valence-electron chi connectivity index (χ4n) is 1.45. The quantitative estimate of drug-likeness (QED) is 0.595. The molecule has 0 aliphatic carbocycles. The van der Waals surface area contributed by atoms with Crippen LogP contribution in [0, 0.1) is 0 Å². The minimum atomic E-state index is -0.573. The Morgan fingerprint density at radius 3 is 1.95 bits per heavy atom. The molecular weight excluding hydrogens is 272 g/mol. The van der Waals surface area contributed by atoms with Crippen molar-refractivity contribution < 1.29 is 23.9 Å². The smallest absolute Gasteiger partial charge is 0.338 e. The van der Waals surface area contributed by atoms with Crippen molar-refractivity contribution in [3.8, 4) is 0 Å². The highest BCUT2D eigenvalue weighted by Crippen LogP contribution is 2.12. The van der Waals surface area contributed by atoms with E-state index in [9.17, 15) is 14.4 Å². The van der Waals surface area contributed by atoms with Gasteiger partial charge in [0.2, 0.25) is 0 Å². The topological polar surface area (TPSA) is 69.7 Å². The molecule has 5 heteroatoms. The van der Waals surface area contributed by atoms with Gasteiger partial charge in [-0.05, 0) is 31.5 Å². The zero-order valence-electron chi connectivity index (χ0n) is 13.0. The normalized spacial score (nSPS) is 9.14. The molecule has 0 N–H and O–H groups in total. The largest absolute Gasteiger partial charge is 0.462 e. The average molecular weight is 294 g/mol. The lowest BCUT2D eigenvalue weighted by molar-refractivity contribution is 0.0505. The lowest BCUT2D eigenvalue weighted by Crippen LogP contribution is -2.10. The Kier molecular flexibility index (Phi) is 9.50. The first kappa shape index (κ1) is 18.8. The second-order valence-electron chi connectivity index (χ2n) is 3.82. The van der Waals surface area contributed by atoms with Gasteiger partial charge < -0.3 is 9.47 Å². The maximum absolute atomic E-state index is 11.7. The van der Waals surface area contributed by atoms with Gasteiger partial charge >= 0.3 is 11.9 Å². The van der Waals surface area contributed by atoms with Crippen LogP contribution in [-0.2, 0) is 9.47 Å². The second-order valence-corrected chi connectivity index (χ2v) is 3.82. The van der Waals surface area contributed by atoms with E-state index < -0.39 is 11.9 Å². The van der Waals surface area contributed by atoms with Crippen LogP contribution >= 0.6 is 0 Å². The average Bonchev–Trinajstić information content (AvgIpc) is 2.54. The van der Waals surface area contributed by atoms with E-state index in [0.717, 1.165) is 0 Å². The van der Waals surface area contributed by atoms with E-state index >= 15 is 0 Å². The molecule has 0 unspecified atom stereocenters. The maximum Gasteiger partial charge on any atom is 0.338 e. The number of esters is 2. The van der Waals surface area contributed by atoms with Gasteiger partial charge in [-0.3, -0.25) is 4.79 Å². The standard InChI is InChI=1S/C14H16O5.C2H6/c1-3-5-19-14(17)12-7-10(9-15)6-11(8-12)13(16)18-4-2;1-2/h6-9H,3-5H2,1-2H3;1-2H3. The third kappa shape index (κ3) is 6.21. The van der Waals surface area contributed by atoms with Crippen LogP contribution in [-0.4, -0.2) is 31.4 Å². The molecule has 0 bridgehead atoms. The number of rotatable bonds is 6. The van der Waals surface area contributed by atoms with Gasteiger partial charge in [-0.1, -0.05) is 20.8 Å². The van der Waals surface area contributed by atoms with Crippen LogP contribution in [0.3, 0.4) is 0 Å². The molecular formula is C16H22O5. The van der Waals surface area contributed by atoms with Crippen molar-refractivity contribution in [1.82, 2.24) is 0 Å². The fraction of sp³-hybridized carbons (Fsp3) is 0.438. The summed E-state index contributed by atoms with van der Waals surface area (Å²) in [6.45, 7) is 8.07. The molecule has 1 aromatic carbocycles. The first-order valence-electron chi connectivity index (χ1n) is 7.06. The summed E-state index contributed by atoms with van der Waals surface area (Å²) in [7, 11) is 0. The van der Waals surface area contributed by atoms with Gasteiger partial charge in [0.25, 0.3) is 0 Å². The SMILES string of the molecule is CC.CCCOC(=O)c1cc(C=O)cc(C(=O)OCC)c1. The Labute approximate surface area is 125 Å². The van der Waals surface area contributed by atoms with Gasteiger partial charge in [0.05, 0.1) is 24.3 Å². The monoisotopic (exact) mass is 294 g/mol. The van der Waals surface area contributed by atoms with E-state index in [1.165, 1.54) is 18.2 Å². The van der Waals surface area contributed by atoms with Crippen molar-refractivity contribution in [3.05, 3.63) is 34.9 Å². The molecule has 1 rings (SSSR count). The third-order valence-corrected chi connectivity index (χ3v) is 2.28. The molecule has 116 valence electrons. The van der Waals surface area contributed by atoms with Crippen LogP contribution < -0.4 is 0 Å². The van der Waals surface area contributed by atoms with E-state index in [1.54, 1.807) is 6.92 Å². The predicted octanol–water partition coefficient (Wildman–Crippen LogP) is 3.27. The molecule has 5 nitrogen and oxygen atoms in total. The number of benzene rings is 1. The molecule has 21 heavy (non-hydrogen) atoms. The van der Waals surface area contributed by atoms with Crippen LogP contribution in [0.2, 0.25) is 0 Å². The van der Waals surface area contributed by atoms with Crippen molar-refractivity contribution in [1.29, 1.82) is 0 Å². The Morgan fingerprint density at radius 1 is 1.00 bits per heavy atom. The summed E-state index contributed by atoms with van der Waals surface area (Å²) >= 11 is 0. The summed E-state index contributed by atoms with van der Waals surface area (Å²) in [6, 6.07) is 4.12. The Hall–Kier alpha value is -2.17. The molecule has 0 spiro atoms. The van der Waals surface area contributed by atoms with Crippen molar-refractivity contribution >= 4 is 18.2 Å². The van der Waals surface area contributed by atoms with Gasteiger partial charge in [0.15, 0.2) is 0 Å². The highest BCUT2D eigenvalue weighted by molar-refractivity contribution is 5.97. The van der Waals surface area contributed by atoms with Crippen molar-refractivity contribution in [2.45, 2.75) is 34.1 Å². The predicted molar refractivity (Wildman–Crippen MR) is 79.7 cm³/mol. The highest BCUT2D eigenvalue weighted by atomic mass is 16.5. The second kappa shape index (κ2) is 10.6. The first-order chi connectivity index (χ1) is 10.1. The number of hydrogen-bond acceptors (Lipinski definition) is 5. The Balaban J connectivity index is 0.00000191. The van der Waals surface area contributed by atoms with Gasteiger partial charge in [0.1, 0.15) is 6.29 Å². The molecule has 0 fully saturated rings. The molecule has 0 saturated carbocycles. The minimum Gasteiger partial charge on any atom is -0.462 e. The highest BCUT2D eigenvalue weighted by Gasteiger charge is 2.14. The summed E-state index contributed by atoms with van der Waals surface area (Å²) in [5.74, 6) is -1.13. The Morgan fingerprint density at radius 2 is 1.52 bits per heavy atom.